The molecule has 150 valence electrons. The summed E-state index contributed by atoms with van der Waals surface area (Å²) < 4.78 is 7.21. The summed E-state index contributed by atoms with van der Waals surface area (Å²) in [7, 11) is 1.60. The zero-order valence-corrected chi connectivity index (χ0v) is 17.8. The number of rotatable bonds is 8. The third kappa shape index (κ3) is 5.72. The normalized spacial score (nSPS) is 10.8. The van der Waals surface area contributed by atoms with Gasteiger partial charge in [-0.3, -0.25) is 4.79 Å². The number of hydrogen-bond acceptors (Lipinski definition) is 8. The third-order valence-corrected chi connectivity index (χ3v) is 5.25. The van der Waals surface area contributed by atoms with Crippen molar-refractivity contribution in [3.8, 4) is 5.75 Å². The van der Waals surface area contributed by atoms with Crippen molar-refractivity contribution in [3.05, 3.63) is 58.6 Å². The summed E-state index contributed by atoms with van der Waals surface area (Å²) in [5, 5.41) is 15.2. The fraction of sp³-hybridized carbons (Fsp3) is 0.111. The van der Waals surface area contributed by atoms with Gasteiger partial charge in [0.25, 0.3) is 5.95 Å². The van der Waals surface area contributed by atoms with Crippen LogP contribution in [0.2, 0.25) is 0 Å². The lowest BCUT2D eigenvalue weighted by Gasteiger charge is -2.06. The first kappa shape index (κ1) is 20.7. The molecule has 0 saturated heterocycles. The van der Waals surface area contributed by atoms with Gasteiger partial charge in [0.05, 0.1) is 24.8 Å². The highest BCUT2D eigenvalue weighted by molar-refractivity contribution is 9.10. The summed E-state index contributed by atoms with van der Waals surface area (Å²) in [5.41, 5.74) is 4.27. The molecule has 11 heteroatoms. The van der Waals surface area contributed by atoms with Gasteiger partial charge in [-0.2, -0.15) is 5.10 Å². The molecule has 0 bridgehead atoms. The van der Waals surface area contributed by atoms with Crippen LogP contribution >= 0.6 is 27.7 Å². The van der Waals surface area contributed by atoms with E-state index < -0.39 is 0 Å². The molecule has 29 heavy (non-hydrogen) atoms. The number of nitrogens with two attached hydrogens (primary N) is 1. The number of nitrogen functional groups attached to an aromatic ring is 1. The Morgan fingerprint density at radius 2 is 2.14 bits per heavy atom. The van der Waals surface area contributed by atoms with Crippen molar-refractivity contribution in [2.24, 2.45) is 5.10 Å². The maximum absolute atomic E-state index is 12.1. The van der Waals surface area contributed by atoms with Crippen LogP contribution in [0.5, 0.6) is 5.75 Å². The Hall–Kier alpha value is -3.05. The van der Waals surface area contributed by atoms with Gasteiger partial charge in [-0.15, -0.1) is 10.2 Å². The molecule has 9 nitrogen and oxygen atoms in total. The molecule has 0 atom stereocenters. The van der Waals surface area contributed by atoms with Crippen LogP contribution in [0.25, 0.3) is 0 Å². The van der Waals surface area contributed by atoms with Crippen molar-refractivity contribution >= 4 is 51.4 Å². The number of carbonyl (C=O) groups excluding carboxylic acids is 1. The summed E-state index contributed by atoms with van der Waals surface area (Å²) in [6.07, 6.45) is 1.61. The first-order valence-electron chi connectivity index (χ1n) is 8.37. The van der Waals surface area contributed by atoms with Crippen LogP contribution in [0.1, 0.15) is 5.56 Å². The third-order valence-electron chi connectivity index (χ3n) is 3.62. The lowest BCUT2D eigenvalue weighted by molar-refractivity contribution is -0.113. The molecule has 0 aliphatic carbocycles. The lowest BCUT2D eigenvalue weighted by Crippen LogP contribution is -2.17. The van der Waals surface area contributed by atoms with Gasteiger partial charge in [-0.05, 0) is 45.8 Å². The number of aromatic nitrogens is 3. The molecule has 0 saturated carbocycles. The summed E-state index contributed by atoms with van der Waals surface area (Å²) in [5.74, 6) is 6.89. The average Bonchev–Trinajstić information content (AvgIpc) is 3.08. The van der Waals surface area contributed by atoms with Gasteiger partial charge in [0.1, 0.15) is 5.75 Å². The molecule has 0 aliphatic rings. The van der Waals surface area contributed by atoms with Crippen molar-refractivity contribution in [2.45, 2.75) is 5.16 Å². The number of ether oxygens (including phenoxy) is 1. The van der Waals surface area contributed by atoms with Crippen LogP contribution < -0.4 is 21.3 Å². The second-order valence-corrected chi connectivity index (χ2v) is 7.44. The molecule has 1 heterocycles. The van der Waals surface area contributed by atoms with E-state index in [1.54, 1.807) is 19.4 Å². The zero-order chi connectivity index (χ0) is 20.6. The Morgan fingerprint density at radius 1 is 1.31 bits per heavy atom. The summed E-state index contributed by atoms with van der Waals surface area (Å²) in [6, 6.07) is 14.8. The minimum Gasteiger partial charge on any atom is -0.497 e. The van der Waals surface area contributed by atoms with Crippen molar-refractivity contribution < 1.29 is 9.53 Å². The minimum absolute atomic E-state index is 0.129. The van der Waals surface area contributed by atoms with Crippen LogP contribution in [0.15, 0.2) is 63.3 Å². The smallest absolute Gasteiger partial charge is 0.264 e. The predicted molar refractivity (Wildman–Crippen MR) is 118 cm³/mol. The van der Waals surface area contributed by atoms with Gasteiger partial charge in [0.15, 0.2) is 0 Å². The van der Waals surface area contributed by atoms with E-state index in [1.807, 2.05) is 42.5 Å². The van der Waals surface area contributed by atoms with E-state index in [-0.39, 0.29) is 17.6 Å². The van der Waals surface area contributed by atoms with E-state index in [4.69, 9.17) is 10.6 Å². The van der Waals surface area contributed by atoms with E-state index in [0.717, 1.165) is 27.5 Å². The summed E-state index contributed by atoms with van der Waals surface area (Å²) in [4.78, 5) is 12.1. The number of para-hydroxylation sites is 1. The van der Waals surface area contributed by atoms with E-state index in [0.29, 0.717) is 10.8 Å². The molecule has 0 unspecified atom stereocenters. The van der Waals surface area contributed by atoms with Crippen molar-refractivity contribution in [2.75, 3.05) is 29.4 Å². The molecule has 2 aromatic carbocycles. The van der Waals surface area contributed by atoms with Gasteiger partial charge < -0.3 is 15.9 Å². The average molecular weight is 476 g/mol. The number of hydrogen-bond donors (Lipinski definition) is 3. The predicted octanol–water partition coefficient (Wildman–Crippen LogP) is 2.94. The monoisotopic (exact) mass is 475 g/mol. The van der Waals surface area contributed by atoms with Crippen molar-refractivity contribution in [3.63, 3.8) is 0 Å². The topological polar surface area (TPSA) is 119 Å². The van der Waals surface area contributed by atoms with Crippen LogP contribution in [0.4, 0.5) is 11.6 Å². The lowest BCUT2D eigenvalue weighted by atomic mass is 10.2. The largest absolute Gasteiger partial charge is 0.497 e. The number of nitrogens with one attached hydrogen (secondary N) is 2. The number of benzene rings is 2. The van der Waals surface area contributed by atoms with Crippen LogP contribution in [-0.2, 0) is 4.79 Å². The van der Waals surface area contributed by atoms with Gasteiger partial charge in [0.2, 0.25) is 11.1 Å². The minimum atomic E-state index is -0.185. The summed E-state index contributed by atoms with van der Waals surface area (Å²) >= 11 is 4.55. The molecule has 0 fully saturated rings. The van der Waals surface area contributed by atoms with Gasteiger partial charge in [-0.25, -0.2) is 10.1 Å². The standard InChI is InChI=1S/C18H18BrN7O2S/c1-28-13-6-4-5-12(9-13)10-21-23-17-24-25-18(26(17)20)29-11-16(27)22-15-8-3-2-7-14(15)19/h2-10H,11,20H2,1H3,(H,22,27)(H,23,24)/b21-10+. The number of methoxy groups -OCH3 is 1. The molecule has 0 spiro atoms. The fourth-order valence-electron chi connectivity index (χ4n) is 2.22. The molecule has 0 radical (unpaired) electrons. The fourth-order valence-corrected chi connectivity index (χ4v) is 3.26. The van der Waals surface area contributed by atoms with Gasteiger partial charge >= 0.3 is 0 Å². The Labute approximate surface area is 179 Å². The number of hydrazone groups is 1. The Balaban J connectivity index is 1.54. The number of thioether (sulfide) groups is 1. The first-order valence-corrected chi connectivity index (χ1v) is 10.2. The van der Waals surface area contributed by atoms with Gasteiger partial charge in [0, 0.05) is 4.47 Å². The quantitative estimate of drug-likeness (QED) is 0.198. The highest BCUT2D eigenvalue weighted by atomic mass is 79.9. The Bertz CT molecular complexity index is 1020. The molecule has 1 amide bonds. The van der Waals surface area contributed by atoms with Crippen molar-refractivity contribution in [1.29, 1.82) is 0 Å². The van der Waals surface area contributed by atoms with Gasteiger partial charge in [-0.1, -0.05) is 36.0 Å². The van der Waals surface area contributed by atoms with Crippen LogP contribution in [0.3, 0.4) is 0 Å². The van der Waals surface area contributed by atoms with Crippen LogP contribution in [-0.4, -0.2) is 39.9 Å². The second kappa shape index (κ2) is 9.94. The number of nitrogens with zero attached hydrogens (tertiary/aromatic N) is 4. The number of carbonyl (C=O) groups is 1. The van der Waals surface area contributed by atoms with E-state index in [1.165, 1.54) is 4.68 Å². The number of anilines is 2. The zero-order valence-electron chi connectivity index (χ0n) is 15.4. The van der Waals surface area contributed by atoms with E-state index in [2.05, 4.69) is 42.0 Å². The highest BCUT2D eigenvalue weighted by Crippen LogP contribution is 2.22. The number of amides is 1. The highest BCUT2D eigenvalue weighted by Gasteiger charge is 2.12. The van der Waals surface area contributed by atoms with E-state index in [9.17, 15) is 4.79 Å². The second-order valence-electron chi connectivity index (χ2n) is 5.64. The van der Waals surface area contributed by atoms with Crippen LogP contribution in [0, 0.1) is 0 Å². The molecule has 1 aromatic heterocycles. The Kier molecular flexibility index (Phi) is 7.09. The van der Waals surface area contributed by atoms with Crippen molar-refractivity contribution in [1.82, 2.24) is 14.9 Å². The SMILES string of the molecule is COc1cccc(/C=N/Nc2nnc(SCC(=O)Nc3ccccc3Br)n2N)c1. The number of halogens is 1. The molecule has 0 aliphatic heterocycles. The first-order chi connectivity index (χ1) is 14.1. The molecule has 3 aromatic rings. The molecule has 4 N–H and O–H groups in total. The maximum atomic E-state index is 12.1. The molecule has 3 rings (SSSR count). The van der Waals surface area contributed by atoms with E-state index >= 15 is 0 Å². The Morgan fingerprint density at radius 3 is 2.93 bits per heavy atom. The maximum Gasteiger partial charge on any atom is 0.264 e. The molecular weight excluding hydrogens is 458 g/mol. The summed E-state index contributed by atoms with van der Waals surface area (Å²) in [6.45, 7) is 0. The molecular formula is C18H18BrN7O2S.